The van der Waals surface area contributed by atoms with E-state index in [1.807, 2.05) is 7.05 Å². The average Bonchev–Trinajstić information content (AvgIpc) is 2.86. The molecule has 1 aliphatic rings. The number of nitrogens with zero attached hydrogens (tertiary/aromatic N) is 3. The molecule has 0 amide bonds. The van der Waals surface area contributed by atoms with Crippen LogP contribution in [0.25, 0.3) is 0 Å². The molecular formula is C14H18N4S. The van der Waals surface area contributed by atoms with Crippen LogP contribution in [-0.4, -0.2) is 23.8 Å². The molecule has 1 aromatic carbocycles. The molecule has 1 aliphatic heterocycles. The molecule has 1 aromatic heterocycles. The molecule has 2 aromatic rings. The van der Waals surface area contributed by atoms with Gasteiger partial charge in [-0.25, -0.2) is 0 Å². The molecule has 0 bridgehead atoms. The van der Waals surface area contributed by atoms with Crippen LogP contribution in [0.5, 0.6) is 0 Å². The van der Waals surface area contributed by atoms with E-state index >= 15 is 0 Å². The predicted molar refractivity (Wildman–Crippen MR) is 80.0 cm³/mol. The predicted octanol–water partition coefficient (Wildman–Crippen LogP) is 2.84. The Morgan fingerprint density at radius 1 is 1.37 bits per heavy atom. The highest BCUT2D eigenvalue weighted by atomic mass is 32.1. The molecule has 4 nitrogen and oxygen atoms in total. The topological polar surface area (TPSA) is 41.1 Å². The van der Waals surface area contributed by atoms with E-state index in [1.54, 1.807) is 11.3 Å². The normalized spacial score (nSPS) is 14.3. The standard InChI is InChI=1S/C14H18N4S/c1-10-5-6-12-11(8-10)4-3-7-18(12)9-13-16-17-14(15-2)19-13/h5-6,8H,3-4,7,9H2,1-2H3,(H,15,17). The number of hydrogen-bond donors (Lipinski definition) is 1. The minimum Gasteiger partial charge on any atom is -0.364 e. The molecule has 0 unspecified atom stereocenters. The Morgan fingerprint density at radius 3 is 3.05 bits per heavy atom. The Kier molecular flexibility index (Phi) is 3.38. The van der Waals surface area contributed by atoms with Crippen LogP contribution in [0.1, 0.15) is 22.6 Å². The number of aryl methyl sites for hydroxylation is 2. The van der Waals surface area contributed by atoms with Crippen LogP contribution in [0.2, 0.25) is 0 Å². The highest BCUT2D eigenvalue weighted by Crippen LogP contribution is 2.30. The lowest BCUT2D eigenvalue weighted by atomic mass is 10.00. The van der Waals surface area contributed by atoms with Gasteiger partial charge >= 0.3 is 0 Å². The van der Waals surface area contributed by atoms with Gasteiger partial charge in [0.1, 0.15) is 5.01 Å². The van der Waals surface area contributed by atoms with E-state index in [4.69, 9.17) is 0 Å². The lowest BCUT2D eigenvalue weighted by Gasteiger charge is -2.30. The maximum absolute atomic E-state index is 4.24. The largest absolute Gasteiger partial charge is 0.364 e. The molecule has 3 rings (SSSR count). The monoisotopic (exact) mass is 274 g/mol. The summed E-state index contributed by atoms with van der Waals surface area (Å²) in [4.78, 5) is 2.41. The minimum atomic E-state index is 0.857. The van der Waals surface area contributed by atoms with E-state index in [0.29, 0.717) is 0 Å². The van der Waals surface area contributed by atoms with Crippen LogP contribution in [0.4, 0.5) is 10.8 Å². The summed E-state index contributed by atoms with van der Waals surface area (Å²) < 4.78 is 0. The maximum atomic E-state index is 4.24. The van der Waals surface area contributed by atoms with E-state index in [2.05, 4.69) is 45.5 Å². The van der Waals surface area contributed by atoms with Crippen molar-refractivity contribution in [3.63, 3.8) is 0 Å². The molecule has 100 valence electrons. The van der Waals surface area contributed by atoms with Gasteiger partial charge in [0.15, 0.2) is 0 Å². The van der Waals surface area contributed by atoms with Crippen LogP contribution >= 0.6 is 11.3 Å². The molecule has 0 fully saturated rings. The minimum absolute atomic E-state index is 0.857. The second-order valence-corrected chi connectivity index (χ2v) is 5.97. The Labute approximate surface area is 117 Å². The summed E-state index contributed by atoms with van der Waals surface area (Å²) >= 11 is 1.63. The molecule has 0 atom stereocenters. The smallest absolute Gasteiger partial charge is 0.205 e. The van der Waals surface area contributed by atoms with E-state index < -0.39 is 0 Å². The van der Waals surface area contributed by atoms with Gasteiger partial charge in [-0.05, 0) is 31.4 Å². The number of fused-ring (bicyclic) bond motifs is 1. The van der Waals surface area contributed by atoms with Crippen LogP contribution < -0.4 is 10.2 Å². The molecule has 5 heteroatoms. The van der Waals surface area contributed by atoms with Gasteiger partial charge in [0.25, 0.3) is 0 Å². The highest BCUT2D eigenvalue weighted by Gasteiger charge is 2.18. The lowest BCUT2D eigenvalue weighted by Crippen LogP contribution is -2.28. The molecule has 0 saturated carbocycles. The van der Waals surface area contributed by atoms with Gasteiger partial charge in [-0.3, -0.25) is 0 Å². The zero-order valence-corrected chi connectivity index (χ0v) is 12.1. The summed E-state index contributed by atoms with van der Waals surface area (Å²) in [7, 11) is 1.88. The van der Waals surface area contributed by atoms with Gasteiger partial charge in [-0.2, -0.15) is 0 Å². The van der Waals surface area contributed by atoms with Crippen LogP contribution in [0.15, 0.2) is 18.2 Å². The van der Waals surface area contributed by atoms with Crippen LogP contribution in [-0.2, 0) is 13.0 Å². The number of anilines is 2. The second kappa shape index (κ2) is 5.17. The fraction of sp³-hybridized carbons (Fsp3) is 0.429. The quantitative estimate of drug-likeness (QED) is 0.934. The fourth-order valence-corrected chi connectivity index (χ4v) is 3.26. The summed E-state index contributed by atoms with van der Waals surface area (Å²) in [5.41, 5.74) is 4.16. The van der Waals surface area contributed by atoms with Crippen molar-refractivity contribution < 1.29 is 0 Å². The van der Waals surface area contributed by atoms with Crippen molar-refractivity contribution in [2.75, 3.05) is 23.8 Å². The number of benzene rings is 1. The zero-order chi connectivity index (χ0) is 13.2. The number of rotatable bonds is 3. The van der Waals surface area contributed by atoms with Gasteiger partial charge < -0.3 is 10.2 Å². The Morgan fingerprint density at radius 2 is 2.26 bits per heavy atom. The third kappa shape index (κ3) is 2.56. The fourth-order valence-electron chi connectivity index (χ4n) is 2.55. The van der Waals surface area contributed by atoms with Crippen molar-refractivity contribution in [2.45, 2.75) is 26.3 Å². The van der Waals surface area contributed by atoms with E-state index in [9.17, 15) is 0 Å². The summed E-state index contributed by atoms with van der Waals surface area (Å²) in [6.45, 7) is 4.11. The van der Waals surface area contributed by atoms with Gasteiger partial charge in [-0.1, -0.05) is 29.0 Å². The first-order chi connectivity index (χ1) is 9.26. The molecule has 2 heterocycles. The second-order valence-electron chi connectivity index (χ2n) is 4.91. The Hall–Kier alpha value is -1.62. The molecule has 19 heavy (non-hydrogen) atoms. The van der Waals surface area contributed by atoms with Crippen LogP contribution in [0.3, 0.4) is 0 Å². The van der Waals surface area contributed by atoms with Gasteiger partial charge in [-0.15, -0.1) is 10.2 Å². The first-order valence-electron chi connectivity index (χ1n) is 6.61. The zero-order valence-electron chi connectivity index (χ0n) is 11.3. The van der Waals surface area contributed by atoms with Crippen molar-refractivity contribution in [3.8, 4) is 0 Å². The SMILES string of the molecule is CNc1nnc(CN2CCCc3cc(C)ccc32)s1. The van der Waals surface area contributed by atoms with E-state index in [0.717, 1.165) is 23.2 Å². The number of nitrogens with one attached hydrogen (secondary N) is 1. The van der Waals surface area contributed by atoms with Gasteiger partial charge in [0, 0.05) is 19.3 Å². The van der Waals surface area contributed by atoms with E-state index in [-0.39, 0.29) is 0 Å². The van der Waals surface area contributed by atoms with Crippen molar-refractivity contribution in [3.05, 3.63) is 34.3 Å². The average molecular weight is 274 g/mol. The summed E-state index contributed by atoms with van der Waals surface area (Å²) in [5.74, 6) is 0. The summed E-state index contributed by atoms with van der Waals surface area (Å²) in [6.07, 6.45) is 2.40. The Bertz CT molecular complexity index is 579. The number of aromatic nitrogens is 2. The van der Waals surface area contributed by atoms with E-state index in [1.165, 1.54) is 29.7 Å². The lowest BCUT2D eigenvalue weighted by molar-refractivity contribution is 0.686. The first kappa shape index (κ1) is 12.4. The van der Waals surface area contributed by atoms with Crippen LogP contribution in [0, 0.1) is 6.92 Å². The molecular weight excluding hydrogens is 256 g/mol. The molecule has 1 N–H and O–H groups in total. The van der Waals surface area contributed by atoms with Gasteiger partial charge in [0.2, 0.25) is 5.13 Å². The third-order valence-electron chi connectivity index (χ3n) is 3.46. The van der Waals surface area contributed by atoms with Crippen molar-refractivity contribution >= 4 is 22.2 Å². The molecule has 0 spiro atoms. The Balaban J connectivity index is 1.83. The van der Waals surface area contributed by atoms with Crippen molar-refractivity contribution in [1.82, 2.24) is 10.2 Å². The third-order valence-corrected chi connectivity index (χ3v) is 4.38. The van der Waals surface area contributed by atoms with Crippen molar-refractivity contribution in [1.29, 1.82) is 0 Å². The summed E-state index contributed by atoms with van der Waals surface area (Å²) in [6, 6.07) is 6.74. The molecule has 0 radical (unpaired) electrons. The molecule has 0 saturated heterocycles. The summed E-state index contributed by atoms with van der Waals surface area (Å²) in [5, 5.41) is 13.3. The highest BCUT2D eigenvalue weighted by molar-refractivity contribution is 7.15. The van der Waals surface area contributed by atoms with Gasteiger partial charge in [0.05, 0.1) is 6.54 Å². The first-order valence-corrected chi connectivity index (χ1v) is 7.42. The van der Waals surface area contributed by atoms with Crippen molar-refractivity contribution in [2.24, 2.45) is 0 Å². The maximum Gasteiger partial charge on any atom is 0.205 e. The number of hydrogen-bond acceptors (Lipinski definition) is 5. The molecule has 0 aliphatic carbocycles.